The molecule has 0 heterocycles. The number of carbonyl (C=O) groups excluding carboxylic acids is 1. The Kier molecular flexibility index (Phi) is 5.17. The number of unbranched alkanes of at least 4 members (excludes halogenated alkanes) is 1. The van der Waals surface area contributed by atoms with Gasteiger partial charge < -0.3 is 5.32 Å². The van der Waals surface area contributed by atoms with Crippen molar-refractivity contribution in [3.05, 3.63) is 17.9 Å². The predicted octanol–water partition coefficient (Wildman–Crippen LogP) is 2.41. The van der Waals surface area contributed by atoms with E-state index in [4.69, 9.17) is 0 Å². The quantitative estimate of drug-likeness (QED) is 0.526. The fourth-order valence-corrected chi connectivity index (χ4v) is 0.768. The highest BCUT2D eigenvalue weighted by Gasteiger charge is 2.10. The van der Waals surface area contributed by atoms with Crippen LogP contribution in [0.5, 0.6) is 0 Å². The zero-order valence-electron chi connectivity index (χ0n) is 8.98. The summed E-state index contributed by atoms with van der Waals surface area (Å²) in [6.45, 7) is 7.95. The lowest BCUT2D eigenvalue weighted by Gasteiger charge is -2.18. The number of hydrogen-bond acceptors (Lipinski definition) is 1. The molecule has 0 bridgehead atoms. The summed E-state index contributed by atoms with van der Waals surface area (Å²) in [7, 11) is 0. The van der Waals surface area contributed by atoms with Crippen LogP contribution in [-0.4, -0.2) is 11.4 Å². The molecular formula is C11H19NO. The molecule has 0 aliphatic carbocycles. The van der Waals surface area contributed by atoms with Crippen molar-refractivity contribution in [2.75, 3.05) is 0 Å². The molecule has 0 saturated heterocycles. The van der Waals surface area contributed by atoms with Gasteiger partial charge in [0.25, 0.3) is 5.91 Å². The minimum atomic E-state index is -0.167. The van der Waals surface area contributed by atoms with E-state index in [0.29, 0.717) is 0 Å². The standard InChI is InChI=1S/C11H19NO/c1-5-6-7-8-9-10(13)12-11(2,3)4/h7,9H,5-6H2,1-4H3,(H,12,13). The molecule has 74 valence electrons. The zero-order chi connectivity index (χ0) is 10.3. The third-order valence-corrected chi connectivity index (χ3v) is 1.26. The van der Waals surface area contributed by atoms with Gasteiger partial charge in [0.2, 0.25) is 0 Å². The molecule has 2 heteroatoms. The Morgan fingerprint density at radius 2 is 2.08 bits per heavy atom. The Bertz CT molecular complexity index is 217. The number of nitrogens with one attached hydrogen (secondary N) is 1. The Hall–Kier alpha value is -1.01. The maximum absolute atomic E-state index is 11.2. The molecule has 0 aliphatic rings. The van der Waals surface area contributed by atoms with E-state index in [9.17, 15) is 4.79 Å². The highest BCUT2D eigenvalue weighted by atomic mass is 16.1. The van der Waals surface area contributed by atoms with E-state index in [1.807, 2.05) is 26.8 Å². The molecule has 0 aromatic rings. The first-order valence-corrected chi connectivity index (χ1v) is 4.69. The number of amides is 1. The van der Waals surface area contributed by atoms with Crippen LogP contribution in [0, 0.1) is 0 Å². The summed E-state index contributed by atoms with van der Waals surface area (Å²) in [4.78, 5) is 11.2. The summed E-state index contributed by atoms with van der Waals surface area (Å²) in [5.41, 5.74) is 2.68. The topological polar surface area (TPSA) is 29.1 Å². The van der Waals surface area contributed by atoms with Gasteiger partial charge in [-0.1, -0.05) is 13.3 Å². The molecule has 2 nitrogen and oxygen atoms in total. The lowest BCUT2D eigenvalue weighted by Crippen LogP contribution is -2.39. The second-order valence-corrected chi connectivity index (χ2v) is 4.04. The van der Waals surface area contributed by atoms with E-state index in [1.54, 1.807) is 0 Å². The third kappa shape index (κ3) is 8.90. The van der Waals surface area contributed by atoms with E-state index in [-0.39, 0.29) is 11.4 Å². The van der Waals surface area contributed by atoms with Gasteiger partial charge in [-0.3, -0.25) is 4.79 Å². The van der Waals surface area contributed by atoms with Crippen LogP contribution in [0.15, 0.2) is 17.9 Å². The molecule has 0 radical (unpaired) electrons. The van der Waals surface area contributed by atoms with Crippen molar-refractivity contribution in [3.63, 3.8) is 0 Å². The van der Waals surface area contributed by atoms with Gasteiger partial charge >= 0.3 is 0 Å². The van der Waals surface area contributed by atoms with Gasteiger partial charge in [0.1, 0.15) is 0 Å². The van der Waals surface area contributed by atoms with Gasteiger partial charge in [0.15, 0.2) is 0 Å². The minimum Gasteiger partial charge on any atom is -0.347 e. The fourth-order valence-electron chi connectivity index (χ4n) is 0.768. The molecule has 0 fully saturated rings. The first-order chi connectivity index (χ1) is 5.95. The largest absolute Gasteiger partial charge is 0.347 e. The predicted molar refractivity (Wildman–Crippen MR) is 55.5 cm³/mol. The van der Waals surface area contributed by atoms with Crippen molar-refractivity contribution in [3.8, 4) is 0 Å². The molecule has 0 atom stereocenters. The van der Waals surface area contributed by atoms with Crippen LogP contribution in [-0.2, 0) is 4.79 Å². The first-order valence-electron chi connectivity index (χ1n) is 4.69. The van der Waals surface area contributed by atoms with E-state index < -0.39 is 0 Å². The highest BCUT2D eigenvalue weighted by molar-refractivity contribution is 5.87. The average Bonchev–Trinajstić information content (AvgIpc) is 1.94. The molecule has 0 aliphatic heterocycles. The molecule has 0 rings (SSSR count). The Balaban J connectivity index is 3.94. The average molecular weight is 181 g/mol. The number of hydrogen-bond donors (Lipinski definition) is 1. The van der Waals surface area contributed by atoms with E-state index >= 15 is 0 Å². The van der Waals surface area contributed by atoms with Crippen molar-refractivity contribution in [2.45, 2.75) is 46.1 Å². The van der Waals surface area contributed by atoms with Crippen molar-refractivity contribution < 1.29 is 4.79 Å². The van der Waals surface area contributed by atoms with Gasteiger partial charge in [0.05, 0.1) is 0 Å². The molecular weight excluding hydrogens is 162 g/mol. The lowest BCUT2D eigenvalue weighted by atomic mass is 10.1. The summed E-state index contributed by atoms with van der Waals surface area (Å²) in [6.07, 6.45) is 5.38. The first kappa shape index (κ1) is 12.0. The van der Waals surface area contributed by atoms with E-state index in [0.717, 1.165) is 12.8 Å². The third-order valence-electron chi connectivity index (χ3n) is 1.26. The monoisotopic (exact) mass is 181 g/mol. The Morgan fingerprint density at radius 3 is 2.54 bits per heavy atom. The van der Waals surface area contributed by atoms with Crippen molar-refractivity contribution in [1.82, 2.24) is 5.32 Å². The minimum absolute atomic E-state index is 0.0835. The summed E-state index contributed by atoms with van der Waals surface area (Å²) in [5, 5.41) is 2.82. The molecule has 0 aromatic heterocycles. The molecule has 0 unspecified atom stereocenters. The molecule has 1 amide bonds. The van der Waals surface area contributed by atoms with Gasteiger partial charge in [-0.15, -0.1) is 5.73 Å². The summed E-state index contributed by atoms with van der Waals surface area (Å²) < 4.78 is 0. The SMILES string of the molecule is CCCC=C=CC(=O)NC(C)(C)C. The van der Waals surface area contributed by atoms with Crippen LogP contribution in [0.4, 0.5) is 0 Å². The van der Waals surface area contributed by atoms with Crippen LogP contribution >= 0.6 is 0 Å². The van der Waals surface area contributed by atoms with Gasteiger partial charge in [-0.25, -0.2) is 0 Å². The maximum atomic E-state index is 11.2. The molecule has 0 spiro atoms. The van der Waals surface area contributed by atoms with Gasteiger partial charge in [-0.05, 0) is 33.3 Å². The molecule has 13 heavy (non-hydrogen) atoms. The van der Waals surface area contributed by atoms with E-state index in [1.165, 1.54) is 6.08 Å². The van der Waals surface area contributed by atoms with Crippen LogP contribution in [0.1, 0.15) is 40.5 Å². The van der Waals surface area contributed by atoms with Crippen LogP contribution in [0.2, 0.25) is 0 Å². The Morgan fingerprint density at radius 1 is 1.46 bits per heavy atom. The maximum Gasteiger partial charge on any atom is 0.252 e. The van der Waals surface area contributed by atoms with E-state index in [2.05, 4.69) is 18.0 Å². The smallest absolute Gasteiger partial charge is 0.252 e. The molecule has 0 saturated carbocycles. The van der Waals surface area contributed by atoms with Crippen LogP contribution in [0.3, 0.4) is 0 Å². The summed E-state index contributed by atoms with van der Waals surface area (Å²) in [5.74, 6) is -0.0835. The Labute approximate surface area is 80.7 Å². The normalized spacial score (nSPS) is 10.2. The van der Waals surface area contributed by atoms with Crippen molar-refractivity contribution in [1.29, 1.82) is 0 Å². The highest BCUT2D eigenvalue weighted by Crippen LogP contribution is 1.97. The van der Waals surface area contributed by atoms with Crippen LogP contribution < -0.4 is 5.32 Å². The van der Waals surface area contributed by atoms with Crippen molar-refractivity contribution in [2.24, 2.45) is 0 Å². The van der Waals surface area contributed by atoms with Crippen molar-refractivity contribution >= 4 is 5.91 Å². The second kappa shape index (κ2) is 5.60. The van der Waals surface area contributed by atoms with Gasteiger partial charge in [-0.2, -0.15) is 0 Å². The fraction of sp³-hybridized carbons (Fsp3) is 0.636. The molecule has 1 N–H and O–H groups in total. The summed E-state index contributed by atoms with van der Waals surface area (Å²) in [6, 6.07) is 0. The number of rotatable bonds is 3. The second-order valence-electron chi connectivity index (χ2n) is 4.04. The van der Waals surface area contributed by atoms with Gasteiger partial charge in [0, 0.05) is 11.6 Å². The molecule has 0 aromatic carbocycles. The summed E-state index contributed by atoms with van der Waals surface area (Å²) >= 11 is 0. The lowest BCUT2D eigenvalue weighted by molar-refractivity contribution is -0.117. The number of carbonyl (C=O) groups is 1. The van der Waals surface area contributed by atoms with Crippen LogP contribution in [0.25, 0.3) is 0 Å². The zero-order valence-corrected chi connectivity index (χ0v) is 8.98.